The van der Waals surface area contributed by atoms with E-state index in [2.05, 4.69) is 6.92 Å². The third-order valence-corrected chi connectivity index (χ3v) is 7.57. The molecule has 0 aliphatic carbocycles. The van der Waals surface area contributed by atoms with Gasteiger partial charge in [0, 0.05) is 32.2 Å². The molecule has 0 N–H and O–H groups in total. The van der Waals surface area contributed by atoms with Crippen molar-refractivity contribution in [2.45, 2.75) is 31.2 Å². The minimum absolute atomic E-state index is 0.0550. The number of sulfonamides is 1. The van der Waals surface area contributed by atoms with E-state index >= 15 is 0 Å². The summed E-state index contributed by atoms with van der Waals surface area (Å²) in [5.74, 6) is 1.37. The zero-order valence-electron chi connectivity index (χ0n) is 18.5. The van der Waals surface area contributed by atoms with Gasteiger partial charge in [0.15, 0.2) is 0 Å². The highest BCUT2D eigenvalue weighted by Gasteiger charge is 2.28. The van der Waals surface area contributed by atoms with Gasteiger partial charge >= 0.3 is 0 Å². The number of amides is 1. The molecule has 168 valence electrons. The molecule has 31 heavy (non-hydrogen) atoms. The van der Waals surface area contributed by atoms with Crippen molar-refractivity contribution in [1.29, 1.82) is 0 Å². The van der Waals surface area contributed by atoms with Crippen LogP contribution in [0, 0.1) is 5.92 Å². The van der Waals surface area contributed by atoms with Gasteiger partial charge in [-0.05, 0) is 43.0 Å². The summed E-state index contributed by atoms with van der Waals surface area (Å²) in [4.78, 5) is 15.0. The normalized spacial score (nSPS) is 15.2. The highest BCUT2D eigenvalue weighted by Crippen LogP contribution is 2.28. The summed E-state index contributed by atoms with van der Waals surface area (Å²) in [6.45, 7) is 3.64. The number of para-hydroxylation sites is 1. The van der Waals surface area contributed by atoms with Crippen LogP contribution in [-0.2, 0) is 16.6 Å². The molecule has 7 nitrogen and oxygen atoms in total. The van der Waals surface area contributed by atoms with Crippen LogP contribution in [0.3, 0.4) is 0 Å². The Balaban J connectivity index is 1.89. The van der Waals surface area contributed by atoms with E-state index < -0.39 is 10.0 Å². The molecule has 0 radical (unpaired) electrons. The number of nitrogens with zero attached hydrogens (tertiary/aromatic N) is 2. The van der Waals surface area contributed by atoms with E-state index in [1.54, 1.807) is 24.1 Å². The summed E-state index contributed by atoms with van der Waals surface area (Å²) in [6, 6.07) is 11.7. The van der Waals surface area contributed by atoms with Gasteiger partial charge in [0.25, 0.3) is 5.91 Å². The topological polar surface area (TPSA) is 76.1 Å². The van der Waals surface area contributed by atoms with Crippen molar-refractivity contribution in [3.8, 4) is 11.5 Å². The number of benzene rings is 2. The van der Waals surface area contributed by atoms with Crippen LogP contribution in [0.2, 0.25) is 0 Å². The van der Waals surface area contributed by atoms with Gasteiger partial charge in [0.05, 0.1) is 24.7 Å². The third kappa shape index (κ3) is 5.02. The largest absolute Gasteiger partial charge is 0.496 e. The first-order valence-electron chi connectivity index (χ1n) is 10.3. The molecule has 1 aliphatic heterocycles. The lowest BCUT2D eigenvalue weighted by Gasteiger charge is -2.30. The third-order valence-electron chi connectivity index (χ3n) is 5.77. The van der Waals surface area contributed by atoms with Gasteiger partial charge in [-0.15, -0.1) is 0 Å². The molecular formula is C23H30N2O5S. The second kappa shape index (κ2) is 9.70. The zero-order chi connectivity index (χ0) is 22.6. The Labute approximate surface area is 184 Å². The van der Waals surface area contributed by atoms with Crippen molar-refractivity contribution in [2.24, 2.45) is 5.92 Å². The fourth-order valence-electron chi connectivity index (χ4n) is 3.74. The first-order valence-corrected chi connectivity index (χ1v) is 11.8. The molecule has 0 atom stereocenters. The van der Waals surface area contributed by atoms with Crippen LogP contribution < -0.4 is 9.47 Å². The first kappa shape index (κ1) is 23.1. The predicted molar refractivity (Wildman–Crippen MR) is 119 cm³/mol. The minimum atomic E-state index is -3.83. The van der Waals surface area contributed by atoms with E-state index in [4.69, 9.17) is 9.47 Å². The Morgan fingerprint density at radius 3 is 2.35 bits per heavy atom. The van der Waals surface area contributed by atoms with E-state index in [1.165, 1.54) is 30.6 Å². The lowest BCUT2D eigenvalue weighted by Crippen LogP contribution is -2.38. The first-order chi connectivity index (χ1) is 14.8. The Kier molecular flexibility index (Phi) is 7.23. The Bertz CT molecular complexity index is 1030. The maximum atomic E-state index is 13.2. The quantitative estimate of drug-likeness (QED) is 0.652. The van der Waals surface area contributed by atoms with Crippen LogP contribution >= 0.6 is 0 Å². The second-order valence-electron chi connectivity index (χ2n) is 7.91. The molecule has 1 heterocycles. The van der Waals surface area contributed by atoms with E-state index in [9.17, 15) is 13.2 Å². The van der Waals surface area contributed by atoms with Crippen molar-refractivity contribution < 1.29 is 22.7 Å². The molecule has 1 fully saturated rings. The summed E-state index contributed by atoms with van der Waals surface area (Å²) in [5.41, 5.74) is 1.02. The standard InChI is InChI=1S/C23H30N2O5S/c1-17-11-13-25(14-12-17)23(26)20-15-19(9-10-22(20)30-4)31(27,28)24(2)16-18-7-5-6-8-21(18)29-3/h5-10,15,17H,11-14,16H2,1-4H3. The summed E-state index contributed by atoms with van der Waals surface area (Å²) >= 11 is 0. The summed E-state index contributed by atoms with van der Waals surface area (Å²) in [7, 11) is 0.712. The van der Waals surface area contributed by atoms with Crippen LogP contribution in [0.15, 0.2) is 47.4 Å². The lowest BCUT2D eigenvalue weighted by molar-refractivity contribution is 0.0693. The van der Waals surface area contributed by atoms with E-state index in [0.29, 0.717) is 30.5 Å². The molecule has 1 saturated heterocycles. The Hall–Kier alpha value is -2.58. The van der Waals surface area contributed by atoms with Gasteiger partial charge in [-0.3, -0.25) is 4.79 Å². The fraction of sp³-hybridized carbons (Fsp3) is 0.435. The zero-order valence-corrected chi connectivity index (χ0v) is 19.3. The van der Waals surface area contributed by atoms with Crippen LogP contribution in [0.25, 0.3) is 0 Å². The Morgan fingerprint density at radius 1 is 1.06 bits per heavy atom. The molecule has 2 aromatic carbocycles. The van der Waals surface area contributed by atoms with Gasteiger partial charge in [-0.1, -0.05) is 25.1 Å². The maximum Gasteiger partial charge on any atom is 0.257 e. The lowest BCUT2D eigenvalue weighted by atomic mass is 9.98. The highest BCUT2D eigenvalue weighted by atomic mass is 32.2. The number of carbonyl (C=O) groups is 1. The molecule has 1 amide bonds. The van der Waals surface area contributed by atoms with Crippen molar-refractivity contribution in [1.82, 2.24) is 9.21 Å². The molecule has 3 rings (SSSR count). The molecule has 0 bridgehead atoms. The number of carbonyl (C=O) groups excluding carboxylic acids is 1. The highest BCUT2D eigenvalue weighted by molar-refractivity contribution is 7.89. The summed E-state index contributed by atoms with van der Waals surface area (Å²) in [5, 5.41) is 0. The predicted octanol–water partition coefficient (Wildman–Crippen LogP) is 3.40. The van der Waals surface area contributed by atoms with E-state index in [0.717, 1.165) is 18.4 Å². The van der Waals surface area contributed by atoms with Gasteiger partial charge in [-0.2, -0.15) is 4.31 Å². The number of methoxy groups -OCH3 is 2. The van der Waals surface area contributed by atoms with Crippen LogP contribution in [0.5, 0.6) is 11.5 Å². The van der Waals surface area contributed by atoms with Crippen molar-refractivity contribution in [3.05, 3.63) is 53.6 Å². The molecule has 1 aliphatic rings. The van der Waals surface area contributed by atoms with Crippen LogP contribution in [0.4, 0.5) is 0 Å². The number of hydrogen-bond acceptors (Lipinski definition) is 5. The molecule has 2 aromatic rings. The SMILES string of the molecule is COc1ccccc1CN(C)S(=O)(=O)c1ccc(OC)c(C(=O)N2CCC(C)CC2)c1. The van der Waals surface area contributed by atoms with Gasteiger partial charge in [0.1, 0.15) is 11.5 Å². The van der Waals surface area contributed by atoms with Crippen LogP contribution in [0.1, 0.15) is 35.7 Å². The molecule has 0 aromatic heterocycles. The number of likely N-dealkylation sites (tertiary alicyclic amines) is 1. The summed E-state index contributed by atoms with van der Waals surface area (Å²) < 4.78 is 38.4. The number of rotatable bonds is 7. The molecular weight excluding hydrogens is 416 g/mol. The average molecular weight is 447 g/mol. The number of piperidine rings is 1. The van der Waals surface area contributed by atoms with E-state index in [-0.39, 0.29) is 22.9 Å². The molecule has 0 saturated carbocycles. The van der Waals surface area contributed by atoms with Gasteiger partial charge in [-0.25, -0.2) is 8.42 Å². The number of ether oxygens (including phenoxy) is 2. The molecule has 0 spiro atoms. The van der Waals surface area contributed by atoms with Crippen molar-refractivity contribution in [3.63, 3.8) is 0 Å². The maximum absolute atomic E-state index is 13.2. The average Bonchev–Trinajstić information content (AvgIpc) is 2.78. The Morgan fingerprint density at radius 2 is 1.71 bits per heavy atom. The van der Waals surface area contributed by atoms with E-state index in [1.807, 2.05) is 18.2 Å². The molecule has 0 unspecified atom stereocenters. The van der Waals surface area contributed by atoms with Crippen molar-refractivity contribution >= 4 is 15.9 Å². The van der Waals surface area contributed by atoms with Gasteiger partial charge < -0.3 is 14.4 Å². The van der Waals surface area contributed by atoms with Gasteiger partial charge in [0.2, 0.25) is 10.0 Å². The van der Waals surface area contributed by atoms with Crippen LogP contribution in [-0.4, -0.2) is 57.9 Å². The molecule has 8 heteroatoms. The number of hydrogen-bond donors (Lipinski definition) is 0. The summed E-state index contributed by atoms with van der Waals surface area (Å²) in [6.07, 6.45) is 1.88. The monoisotopic (exact) mass is 446 g/mol. The minimum Gasteiger partial charge on any atom is -0.496 e. The fourth-order valence-corrected chi connectivity index (χ4v) is 4.91. The smallest absolute Gasteiger partial charge is 0.257 e. The van der Waals surface area contributed by atoms with Crippen molar-refractivity contribution in [2.75, 3.05) is 34.4 Å². The second-order valence-corrected chi connectivity index (χ2v) is 9.95.